The van der Waals surface area contributed by atoms with Gasteiger partial charge in [0.25, 0.3) is 5.91 Å². The minimum absolute atomic E-state index is 0.0284. The summed E-state index contributed by atoms with van der Waals surface area (Å²) in [6.45, 7) is 5.40. The molecule has 1 aromatic heterocycles. The van der Waals surface area contributed by atoms with E-state index in [0.717, 1.165) is 5.56 Å². The number of aromatic nitrogens is 4. The molecule has 1 aromatic carbocycles. The van der Waals surface area contributed by atoms with Crippen molar-refractivity contribution < 1.29 is 9.53 Å². The van der Waals surface area contributed by atoms with E-state index < -0.39 is 0 Å². The van der Waals surface area contributed by atoms with Gasteiger partial charge in [0.05, 0.1) is 12.7 Å². The van der Waals surface area contributed by atoms with Crippen LogP contribution >= 0.6 is 0 Å². The second-order valence-corrected chi connectivity index (χ2v) is 5.51. The topological polar surface area (TPSA) is 73.1 Å². The summed E-state index contributed by atoms with van der Waals surface area (Å²) in [5.41, 5.74) is 1.36. The van der Waals surface area contributed by atoms with Crippen LogP contribution in [0, 0.1) is 6.92 Å². The molecule has 0 saturated carbocycles. The van der Waals surface area contributed by atoms with Gasteiger partial charge in [-0.1, -0.05) is 30.3 Å². The van der Waals surface area contributed by atoms with E-state index in [4.69, 9.17) is 4.74 Å². The molecule has 1 atom stereocenters. The third-order valence-corrected chi connectivity index (χ3v) is 3.70. The van der Waals surface area contributed by atoms with Gasteiger partial charge in [-0.15, -0.1) is 5.10 Å². The van der Waals surface area contributed by atoms with Crippen molar-refractivity contribution in [1.82, 2.24) is 25.1 Å². The molecule has 7 heteroatoms. The zero-order valence-electron chi connectivity index (χ0n) is 13.2. The van der Waals surface area contributed by atoms with Crippen LogP contribution in [-0.2, 0) is 9.53 Å². The summed E-state index contributed by atoms with van der Waals surface area (Å²) in [7, 11) is 0. The molecule has 1 saturated heterocycles. The van der Waals surface area contributed by atoms with Crippen LogP contribution < -0.4 is 0 Å². The smallest absolute Gasteiger partial charge is 0.272 e. The number of rotatable bonds is 3. The van der Waals surface area contributed by atoms with Crippen molar-refractivity contribution in [2.75, 3.05) is 19.7 Å². The SMILES string of the molecule is Cc1nnnn1/C(=C/c1ccccc1)C(=O)N1CCO[C@H](C)C1. The number of hydrogen-bond donors (Lipinski definition) is 0. The van der Waals surface area contributed by atoms with Crippen LogP contribution in [0.5, 0.6) is 0 Å². The molecule has 2 aromatic rings. The predicted molar refractivity (Wildman–Crippen MR) is 85.2 cm³/mol. The Morgan fingerprint density at radius 2 is 2.13 bits per heavy atom. The lowest BCUT2D eigenvalue weighted by Gasteiger charge is -2.31. The van der Waals surface area contributed by atoms with E-state index >= 15 is 0 Å². The molecule has 120 valence electrons. The number of morpholine rings is 1. The van der Waals surface area contributed by atoms with Crippen molar-refractivity contribution in [2.45, 2.75) is 20.0 Å². The zero-order valence-corrected chi connectivity index (χ0v) is 13.2. The third-order valence-electron chi connectivity index (χ3n) is 3.70. The number of hydrogen-bond acceptors (Lipinski definition) is 5. The Balaban J connectivity index is 1.97. The number of nitrogens with zero attached hydrogens (tertiary/aromatic N) is 5. The first-order valence-electron chi connectivity index (χ1n) is 7.58. The summed E-state index contributed by atoms with van der Waals surface area (Å²) in [4.78, 5) is 14.8. The summed E-state index contributed by atoms with van der Waals surface area (Å²) >= 11 is 0. The van der Waals surface area contributed by atoms with Crippen molar-refractivity contribution in [2.24, 2.45) is 0 Å². The maximum atomic E-state index is 13.0. The summed E-state index contributed by atoms with van der Waals surface area (Å²) in [5, 5.41) is 11.5. The van der Waals surface area contributed by atoms with Gasteiger partial charge in [0.1, 0.15) is 5.70 Å². The first-order chi connectivity index (χ1) is 11.1. The van der Waals surface area contributed by atoms with Crippen LogP contribution in [0.15, 0.2) is 30.3 Å². The molecule has 0 aliphatic carbocycles. The number of ether oxygens (including phenoxy) is 1. The van der Waals surface area contributed by atoms with Crippen LogP contribution in [0.1, 0.15) is 18.3 Å². The van der Waals surface area contributed by atoms with Gasteiger partial charge in [-0.3, -0.25) is 4.79 Å². The fourth-order valence-electron chi connectivity index (χ4n) is 2.54. The summed E-state index contributed by atoms with van der Waals surface area (Å²) in [5.74, 6) is 0.473. The minimum atomic E-state index is -0.0978. The maximum absolute atomic E-state index is 13.0. The van der Waals surface area contributed by atoms with Crippen LogP contribution in [0.2, 0.25) is 0 Å². The molecule has 0 N–H and O–H groups in total. The maximum Gasteiger partial charge on any atom is 0.272 e. The predicted octanol–water partition coefficient (Wildman–Crippen LogP) is 1.23. The largest absolute Gasteiger partial charge is 0.375 e. The molecule has 2 heterocycles. The van der Waals surface area contributed by atoms with E-state index in [1.54, 1.807) is 11.8 Å². The van der Waals surface area contributed by atoms with E-state index in [-0.39, 0.29) is 12.0 Å². The second kappa shape index (κ2) is 6.70. The molecule has 23 heavy (non-hydrogen) atoms. The van der Waals surface area contributed by atoms with E-state index in [1.165, 1.54) is 4.68 Å². The Bertz CT molecular complexity index is 710. The fourth-order valence-corrected chi connectivity index (χ4v) is 2.54. The van der Waals surface area contributed by atoms with Gasteiger partial charge >= 0.3 is 0 Å². The molecule has 1 aliphatic rings. The minimum Gasteiger partial charge on any atom is -0.375 e. The number of carbonyl (C=O) groups excluding carboxylic acids is 1. The fraction of sp³-hybridized carbons (Fsp3) is 0.375. The summed E-state index contributed by atoms with van der Waals surface area (Å²) < 4.78 is 6.99. The molecular weight excluding hydrogens is 294 g/mol. The average Bonchev–Trinajstić information content (AvgIpc) is 2.99. The van der Waals surface area contributed by atoms with Crippen molar-refractivity contribution in [3.05, 3.63) is 41.7 Å². The Hall–Kier alpha value is -2.54. The number of benzene rings is 1. The van der Waals surface area contributed by atoms with Crippen LogP contribution in [-0.4, -0.2) is 56.8 Å². The van der Waals surface area contributed by atoms with E-state index in [2.05, 4.69) is 15.5 Å². The number of aryl methyl sites for hydroxylation is 1. The first-order valence-corrected chi connectivity index (χ1v) is 7.58. The molecule has 3 rings (SSSR count). The molecule has 7 nitrogen and oxygen atoms in total. The highest BCUT2D eigenvalue weighted by atomic mass is 16.5. The molecule has 0 unspecified atom stereocenters. The molecule has 0 spiro atoms. The highest BCUT2D eigenvalue weighted by molar-refractivity contribution is 6.18. The van der Waals surface area contributed by atoms with E-state index in [0.29, 0.717) is 31.2 Å². The van der Waals surface area contributed by atoms with Crippen LogP contribution in [0.3, 0.4) is 0 Å². The lowest BCUT2D eigenvalue weighted by molar-refractivity contribution is -0.132. The van der Waals surface area contributed by atoms with Gasteiger partial charge in [0, 0.05) is 13.1 Å². The van der Waals surface area contributed by atoms with Gasteiger partial charge in [-0.25, -0.2) is 0 Å². The van der Waals surface area contributed by atoms with Gasteiger partial charge in [-0.05, 0) is 35.9 Å². The summed E-state index contributed by atoms with van der Waals surface area (Å²) in [6, 6.07) is 9.67. The van der Waals surface area contributed by atoms with Crippen molar-refractivity contribution in [1.29, 1.82) is 0 Å². The van der Waals surface area contributed by atoms with E-state index in [1.807, 2.05) is 43.3 Å². The lowest BCUT2D eigenvalue weighted by atomic mass is 10.1. The van der Waals surface area contributed by atoms with Crippen molar-refractivity contribution >= 4 is 17.7 Å². The molecule has 1 amide bonds. The van der Waals surface area contributed by atoms with Crippen molar-refractivity contribution in [3.8, 4) is 0 Å². The molecule has 1 fully saturated rings. The Morgan fingerprint density at radius 1 is 1.35 bits per heavy atom. The Kier molecular flexibility index (Phi) is 4.47. The Morgan fingerprint density at radius 3 is 2.78 bits per heavy atom. The molecule has 0 bridgehead atoms. The number of amides is 1. The highest BCUT2D eigenvalue weighted by Crippen LogP contribution is 2.17. The molecular formula is C16H19N5O2. The van der Waals surface area contributed by atoms with Crippen molar-refractivity contribution in [3.63, 3.8) is 0 Å². The second-order valence-electron chi connectivity index (χ2n) is 5.51. The first kappa shape index (κ1) is 15.4. The van der Waals surface area contributed by atoms with Crippen LogP contribution in [0.25, 0.3) is 11.8 Å². The zero-order chi connectivity index (χ0) is 16.2. The molecule has 0 radical (unpaired) electrons. The Labute approximate surface area is 134 Å². The van der Waals surface area contributed by atoms with E-state index in [9.17, 15) is 4.79 Å². The number of carbonyl (C=O) groups is 1. The average molecular weight is 313 g/mol. The van der Waals surface area contributed by atoms with Crippen LogP contribution in [0.4, 0.5) is 0 Å². The van der Waals surface area contributed by atoms with Gasteiger partial charge in [0.15, 0.2) is 5.82 Å². The normalized spacial score (nSPS) is 19.0. The monoisotopic (exact) mass is 313 g/mol. The standard InChI is InChI=1S/C16H19N5O2/c1-12-11-20(8-9-23-12)16(22)15(21-13(2)17-18-19-21)10-14-6-4-3-5-7-14/h3-7,10,12H,8-9,11H2,1-2H3/b15-10+/t12-/m1/s1. The highest BCUT2D eigenvalue weighted by Gasteiger charge is 2.26. The lowest BCUT2D eigenvalue weighted by Crippen LogP contribution is -2.45. The molecule has 1 aliphatic heterocycles. The quantitative estimate of drug-likeness (QED) is 0.797. The van der Waals surface area contributed by atoms with Gasteiger partial charge in [-0.2, -0.15) is 4.68 Å². The van der Waals surface area contributed by atoms with Gasteiger partial charge in [0.2, 0.25) is 0 Å². The van der Waals surface area contributed by atoms with Gasteiger partial charge < -0.3 is 9.64 Å². The summed E-state index contributed by atoms with van der Waals surface area (Å²) in [6.07, 6.45) is 1.84. The number of tetrazole rings is 1. The third kappa shape index (κ3) is 3.45.